The lowest BCUT2D eigenvalue weighted by molar-refractivity contribution is -0.169. The second kappa shape index (κ2) is 26.0. The van der Waals surface area contributed by atoms with Gasteiger partial charge in [-0.25, -0.2) is 4.79 Å². The van der Waals surface area contributed by atoms with Gasteiger partial charge in [-0.2, -0.15) is 0 Å². The van der Waals surface area contributed by atoms with Crippen molar-refractivity contribution in [3.8, 4) is 0 Å². The van der Waals surface area contributed by atoms with Crippen molar-refractivity contribution in [2.45, 2.75) is 154 Å². The third kappa shape index (κ3) is 15.4. The second-order valence-electron chi connectivity index (χ2n) is 17.8. The van der Waals surface area contributed by atoms with Crippen molar-refractivity contribution in [1.29, 1.82) is 0 Å². The van der Waals surface area contributed by atoms with E-state index >= 15 is 0 Å². The van der Waals surface area contributed by atoms with Crippen LogP contribution in [0.4, 0.5) is 0 Å². The molecule has 3 aliphatic heterocycles. The Morgan fingerprint density at radius 1 is 0.968 bits per heavy atom. The van der Waals surface area contributed by atoms with Crippen LogP contribution in [0.25, 0.3) is 0 Å². The Morgan fingerprint density at radius 3 is 2.19 bits per heavy atom. The average Bonchev–Trinajstić information content (AvgIpc) is 4.07. The number of carbonyl (C=O) groups excluding carboxylic acids is 4. The van der Waals surface area contributed by atoms with Crippen LogP contribution >= 0.6 is 0 Å². The Balaban J connectivity index is 2.00. The molecule has 15 heteroatoms. The highest BCUT2D eigenvalue weighted by Crippen LogP contribution is 2.44. The summed E-state index contributed by atoms with van der Waals surface area (Å²) in [5.74, 6) is -3.19. The van der Waals surface area contributed by atoms with E-state index in [-0.39, 0.29) is 36.2 Å². The summed E-state index contributed by atoms with van der Waals surface area (Å²) < 4.78 is 55.0. The molecule has 3 heterocycles. The van der Waals surface area contributed by atoms with Gasteiger partial charge in [-0.15, -0.1) is 0 Å². The number of amides is 1. The number of fused-ring (bicyclic) bond motifs is 2. The summed E-state index contributed by atoms with van der Waals surface area (Å²) in [6, 6.07) is 0. The summed E-state index contributed by atoms with van der Waals surface area (Å²) in [6.07, 6.45) is 9.72. The molecule has 0 aromatic heterocycles. The summed E-state index contributed by atoms with van der Waals surface area (Å²) in [6.45, 7) is 13.0. The van der Waals surface area contributed by atoms with E-state index in [0.717, 1.165) is 0 Å². The van der Waals surface area contributed by atoms with Crippen LogP contribution in [0.2, 0.25) is 0 Å². The van der Waals surface area contributed by atoms with Gasteiger partial charge in [0.2, 0.25) is 6.41 Å². The second-order valence-corrected chi connectivity index (χ2v) is 17.8. The van der Waals surface area contributed by atoms with Gasteiger partial charge in [-0.05, 0) is 25.7 Å². The first-order chi connectivity index (χ1) is 29.9. The molecule has 1 fully saturated rings. The molecule has 0 radical (unpaired) electrons. The molecule has 0 saturated carbocycles. The number of aliphatic hydroxyl groups excluding tert-OH is 1. The number of nitrogens with zero attached hydrogens (tertiary/aromatic N) is 1. The van der Waals surface area contributed by atoms with Crippen molar-refractivity contribution in [3.63, 3.8) is 0 Å². The number of allylic oxidation sites excluding steroid dienone is 2. The number of cyclic esters (lactones) is 1. The number of epoxide rings is 1. The molecule has 15 nitrogen and oxygen atoms in total. The number of ether oxygens (including phenoxy) is 9. The lowest BCUT2D eigenvalue weighted by Crippen LogP contribution is -2.50. The number of Topliss-reactive ketones (excluding diaryl/α,β-unsaturated/α-hetero) is 1. The van der Waals surface area contributed by atoms with Crippen molar-refractivity contribution in [3.05, 3.63) is 48.2 Å². The smallest absolute Gasteiger partial charge is 0.331 e. The number of hydrogen-bond acceptors (Lipinski definition) is 14. The van der Waals surface area contributed by atoms with Crippen LogP contribution in [0.3, 0.4) is 0 Å². The maximum Gasteiger partial charge on any atom is 0.331 e. The summed E-state index contributed by atoms with van der Waals surface area (Å²) in [4.78, 5) is 52.7. The van der Waals surface area contributed by atoms with E-state index in [2.05, 4.69) is 6.08 Å². The van der Waals surface area contributed by atoms with E-state index in [1.807, 2.05) is 46.8 Å². The number of ketones is 1. The first kappa shape index (κ1) is 54.1. The van der Waals surface area contributed by atoms with Crippen LogP contribution in [0, 0.1) is 29.6 Å². The molecule has 358 valence electrons. The van der Waals surface area contributed by atoms with Gasteiger partial charge in [0, 0.05) is 111 Å². The molecular formula is C48H77NO14. The molecule has 1 saturated heterocycles. The molecule has 1 spiro atoms. The Hall–Kier alpha value is -3.28. The third-order valence-electron chi connectivity index (χ3n) is 13.2. The maximum absolute atomic E-state index is 13.8. The standard InChI is InChI=1S/C48H77NO14/c1-29-17-20-44(54)63-47(34(6)46(61-35(7)51)30(2)18-19-38(52)32(4)45(59-13)31(3)21-22-49(8)28-50)33(5)40(55-9)26-43(58-12)48(27-60-48)42(57-11)25-37-16-14-15-36(62-37)24-41(56-10)39(53)23-29/h14-15,17,20-23,28,30-34,36-37,39-43,45-47,53H,16,18-19,24-27H2,1-13H3/b20-17+,22-21+,29-23+/t30-,31-,32+,33-,34-,36-,37-,39-,40+,41+,42-,43-,45+,46-,47-,48+/m0/s1. The number of esters is 2. The predicted octanol–water partition coefficient (Wildman–Crippen LogP) is 5.57. The van der Waals surface area contributed by atoms with E-state index in [0.29, 0.717) is 50.7 Å². The first-order valence-electron chi connectivity index (χ1n) is 22.3. The largest absolute Gasteiger partial charge is 0.462 e. The predicted molar refractivity (Wildman–Crippen MR) is 236 cm³/mol. The molecule has 2 bridgehead atoms. The lowest BCUT2D eigenvalue weighted by atomic mass is 9.78. The van der Waals surface area contributed by atoms with Crippen molar-refractivity contribution >= 4 is 24.1 Å². The van der Waals surface area contributed by atoms with Crippen LogP contribution in [-0.2, 0) is 61.8 Å². The highest BCUT2D eigenvalue weighted by Gasteiger charge is 2.59. The van der Waals surface area contributed by atoms with Crippen LogP contribution in [0.5, 0.6) is 0 Å². The summed E-state index contributed by atoms with van der Waals surface area (Å²) in [5, 5.41) is 11.2. The lowest BCUT2D eigenvalue weighted by Gasteiger charge is -2.40. The number of carbonyl (C=O) groups is 4. The number of hydrogen-bond donors (Lipinski definition) is 1. The minimum absolute atomic E-state index is 0.0215. The van der Waals surface area contributed by atoms with Crippen LogP contribution in [0.1, 0.15) is 87.0 Å². The zero-order valence-electron chi connectivity index (χ0n) is 39.9. The van der Waals surface area contributed by atoms with E-state index in [1.165, 1.54) is 17.9 Å². The van der Waals surface area contributed by atoms with Crippen molar-refractivity contribution < 1.29 is 66.9 Å². The fourth-order valence-corrected chi connectivity index (χ4v) is 9.31. The number of methoxy groups -OCH3 is 5. The van der Waals surface area contributed by atoms with Crippen LogP contribution < -0.4 is 0 Å². The molecule has 0 aromatic rings. The van der Waals surface area contributed by atoms with Gasteiger partial charge in [0.05, 0.1) is 55.4 Å². The molecule has 0 aromatic carbocycles. The Kier molecular flexibility index (Phi) is 22.3. The quantitative estimate of drug-likeness (QED) is 0.0782. The Labute approximate surface area is 375 Å². The molecule has 3 aliphatic rings. The summed E-state index contributed by atoms with van der Waals surface area (Å²) in [5.41, 5.74) is -0.184. The highest BCUT2D eigenvalue weighted by molar-refractivity contribution is 5.82. The minimum atomic E-state index is -0.997. The number of aliphatic hydroxyl groups is 1. The normalized spacial score (nSPS) is 34.0. The molecule has 0 aliphatic carbocycles. The number of rotatable bonds is 18. The molecular weight excluding hydrogens is 815 g/mol. The Bertz CT molecular complexity index is 1580. The molecule has 63 heavy (non-hydrogen) atoms. The van der Waals surface area contributed by atoms with Crippen molar-refractivity contribution in [2.24, 2.45) is 29.6 Å². The van der Waals surface area contributed by atoms with Gasteiger partial charge in [-0.1, -0.05) is 70.6 Å². The van der Waals surface area contributed by atoms with E-state index in [1.54, 1.807) is 67.9 Å². The summed E-state index contributed by atoms with van der Waals surface area (Å²) in [7, 11) is 9.61. The minimum Gasteiger partial charge on any atom is -0.462 e. The topological polar surface area (TPSA) is 178 Å². The van der Waals surface area contributed by atoms with Gasteiger partial charge < -0.3 is 52.6 Å². The third-order valence-corrected chi connectivity index (χ3v) is 13.2. The SMILES string of the molecule is CO[C@@H]([C@H](C)C(=O)CC[C@H](C)[C@H](OC(C)=O)[C@H](C)[C@H]1OC(=O)/C=C/C(C)=C/[C@H](O)[C@H](OC)C[C@@H]2C=CC[C@@H](C[C@H](OC)[C@]3(CO3)[C@@H](OC)C[C@@H](OC)[C@@H]1C)O2)[C@@H](C)/C=C/N(C)C=O. The fourth-order valence-electron chi connectivity index (χ4n) is 9.31. The first-order valence-corrected chi connectivity index (χ1v) is 22.3. The van der Waals surface area contributed by atoms with E-state index in [9.17, 15) is 24.3 Å². The molecule has 0 unspecified atom stereocenters. The maximum atomic E-state index is 13.8. The fraction of sp³-hybridized carbons (Fsp3) is 0.750. The van der Waals surface area contributed by atoms with Crippen molar-refractivity contribution in [2.75, 3.05) is 49.2 Å². The summed E-state index contributed by atoms with van der Waals surface area (Å²) >= 11 is 0. The Morgan fingerprint density at radius 2 is 1.62 bits per heavy atom. The molecule has 16 atom stereocenters. The zero-order chi connectivity index (χ0) is 47.0. The van der Waals surface area contributed by atoms with Crippen molar-refractivity contribution in [1.82, 2.24) is 4.90 Å². The van der Waals surface area contributed by atoms with Gasteiger partial charge in [0.1, 0.15) is 23.6 Å². The van der Waals surface area contributed by atoms with Gasteiger partial charge in [-0.3, -0.25) is 14.4 Å². The molecule has 1 N–H and O–H groups in total. The van der Waals surface area contributed by atoms with Crippen LogP contribution in [-0.4, -0.2) is 150 Å². The zero-order valence-corrected chi connectivity index (χ0v) is 39.9. The van der Waals surface area contributed by atoms with Gasteiger partial charge in [0.15, 0.2) is 0 Å². The van der Waals surface area contributed by atoms with Gasteiger partial charge in [0.25, 0.3) is 0 Å². The van der Waals surface area contributed by atoms with E-state index < -0.39 is 84.1 Å². The average molecular weight is 892 g/mol. The van der Waals surface area contributed by atoms with Gasteiger partial charge >= 0.3 is 11.9 Å². The molecule has 3 rings (SSSR count). The molecule has 1 amide bonds. The van der Waals surface area contributed by atoms with E-state index in [4.69, 9.17) is 42.6 Å². The monoisotopic (exact) mass is 892 g/mol. The highest BCUT2D eigenvalue weighted by atomic mass is 16.6. The van der Waals surface area contributed by atoms with Crippen LogP contribution in [0.15, 0.2) is 48.2 Å².